The van der Waals surface area contributed by atoms with E-state index < -0.39 is 0 Å². The van der Waals surface area contributed by atoms with Gasteiger partial charge in [-0.25, -0.2) is 0 Å². The van der Waals surface area contributed by atoms with Crippen LogP contribution in [-0.4, -0.2) is 4.98 Å². The highest BCUT2D eigenvalue weighted by Gasteiger charge is 1.99. The van der Waals surface area contributed by atoms with Crippen LogP contribution in [0.1, 0.15) is 11.4 Å². The lowest BCUT2D eigenvalue weighted by Gasteiger charge is -1.98. The Labute approximate surface area is 74.0 Å². The molecule has 11 heavy (non-hydrogen) atoms. The van der Waals surface area contributed by atoms with Gasteiger partial charge in [0, 0.05) is 10.2 Å². The molecule has 0 amide bonds. The second-order valence-electron chi connectivity index (χ2n) is 2.22. The molecule has 2 nitrogen and oxygen atoms in total. The van der Waals surface area contributed by atoms with Gasteiger partial charge in [-0.3, -0.25) is 4.98 Å². The average molecular weight is 211 g/mol. The molecule has 56 valence electrons. The van der Waals surface area contributed by atoms with Gasteiger partial charge in [-0.2, -0.15) is 5.26 Å². The van der Waals surface area contributed by atoms with E-state index in [-0.39, 0.29) is 0 Å². The lowest BCUT2D eigenvalue weighted by atomic mass is 10.2. The van der Waals surface area contributed by atoms with Crippen molar-refractivity contribution in [3.05, 3.63) is 28.0 Å². The molecule has 1 aromatic heterocycles. The number of aromatic nitrogens is 1. The van der Waals surface area contributed by atoms with E-state index in [1.165, 1.54) is 0 Å². The van der Waals surface area contributed by atoms with Crippen LogP contribution in [0.3, 0.4) is 0 Å². The smallest absolute Gasteiger partial charge is 0.0786 e. The topological polar surface area (TPSA) is 36.7 Å². The van der Waals surface area contributed by atoms with E-state index in [4.69, 9.17) is 5.26 Å². The highest BCUT2D eigenvalue weighted by atomic mass is 79.9. The van der Waals surface area contributed by atoms with E-state index in [0.29, 0.717) is 6.42 Å². The van der Waals surface area contributed by atoms with Crippen LogP contribution in [-0.2, 0) is 6.42 Å². The van der Waals surface area contributed by atoms with E-state index in [1.54, 1.807) is 0 Å². The van der Waals surface area contributed by atoms with Gasteiger partial charge in [-0.1, -0.05) is 0 Å². The largest absolute Gasteiger partial charge is 0.256 e. The van der Waals surface area contributed by atoms with Gasteiger partial charge in [0.2, 0.25) is 0 Å². The van der Waals surface area contributed by atoms with Crippen LogP contribution in [0.2, 0.25) is 0 Å². The van der Waals surface area contributed by atoms with Crippen LogP contribution in [0.15, 0.2) is 16.6 Å². The van der Waals surface area contributed by atoms with E-state index in [0.717, 1.165) is 15.9 Å². The Kier molecular flexibility index (Phi) is 2.61. The Morgan fingerprint density at radius 2 is 2.36 bits per heavy atom. The Morgan fingerprint density at radius 1 is 1.64 bits per heavy atom. The van der Waals surface area contributed by atoms with Crippen LogP contribution < -0.4 is 0 Å². The van der Waals surface area contributed by atoms with Crippen molar-refractivity contribution < 1.29 is 0 Å². The molecule has 0 spiro atoms. The molecule has 0 aliphatic carbocycles. The molecule has 1 rings (SSSR count). The third-order valence-corrected chi connectivity index (χ3v) is 2.03. The molecule has 0 aromatic carbocycles. The maximum Gasteiger partial charge on any atom is 0.0786 e. The molecule has 0 fully saturated rings. The molecule has 0 aliphatic heterocycles. The van der Waals surface area contributed by atoms with E-state index in [1.807, 2.05) is 19.1 Å². The first-order valence-corrected chi connectivity index (χ1v) is 4.02. The SMILES string of the molecule is Cc1ccc(Br)c(CC#N)n1. The Hall–Kier alpha value is -0.880. The van der Waals surface area contributed by atoms with Gasteiger partial charge in [0.05, 0.1) is 18.2 Å². The number of halogens is 1. The third-order valence-electron chi connectivity index (χ3n) is 1.30. The first-order chi connectivity index (χ1) is 5.24. The molecule has 3 heteroatoms. The van der Waals surface area contributed by atoms with Crippen molar-refractivity contribution in [3.8, 4) is 6.07 Å². The summed E-state index contributed by atoms with van der Waals surface area (Å²) in [6.07, 6.45) is 0.363. The summed E-state index contributed by atoms with van der Waals surface area (Å²) in [7, 11) is 0. The summed E-state index contributed by atoms with van der Waals surface area (Å²) in [5, 5.41) is 8.42. The van der Waals surface area contributed by atoms with E-state index in [2.05, 4.69) is 27.0 Å². The molecular weight excluding hydrogens is 204 g/mol. The summed E-state index contributed by atoms with van der Waals surface area (Å²) in [5.41, 5.74) is 1.76. The molecule has 0 atom stereocenters. The monoisotopic (exact) mass is 210 g/mol. The Morgan fingerprint density at radius 3 is 3.00 bits per heavy atom. The number of hydrogen-bond donors (Lipinski definition) is 0. The van der Waals surface area contributed by atoms with Crippen molar-refractivity contribution in [3.63, 3.8) is 0 Å². The first-order valence-electron chi connectivity index (χ1n) is 3.23. The van der Waals surface area contributed by atoms with E-state index >= 15 is 0 Å². The third kappa shape index (κ3) is 2.02. The normalized spacial score (nSPS) is 9.18. The standard InChI is InChI=1S/C8H7BrN2/c1-6-2-3-7(9)8(11-6)4-5-10/h2-3H,4H2,1H3. The zero-order chi connectivity index (χ0) is 8.27. The molecule has 0 bridgehead atoms. The average Bonchev–Trinajstić information content (AvgIpc) is 1.98. The number of pyridine rings is 1. The molecule has 0 aliphatic rings. The highest BCUT2D eigenvalue weighted by Crippen LogP contribution is 2.14. The van der Waals surface area contributed by atoms with Crippen LogP contribution in [0.5, 0.6) is 0 Å². The van der Waals surface area contributed by atoms with Gasteiger partial charge in [0.1, 0.15) is 0 Å². The summed E-state index contributed by atoms with van der Waals surface area (Å²) < 4.78 is 0.907. The summed E-state index contributed by atoms with van der Waals surface area (Å²) in [4.78, 5) is 4.19. The lowest BCUT2D eigenvalue weighted by Crippen LogP contribution is -1.91. The van der Waals surface area contributed by atoms with Crippen molar-refractivity contribution >= 4 is 15.9 Å². The van der Waals surface area contributed by atoms with Crippen molar-refractivity contribution in [1.82, 2.24) is 4.98 Å². The fourth-order valence-corrected chi connectivity index (χ4v) is 1.15. The zero-order valence-corrected chi connectivity index (χ0v) is 7.72. The van der Waals surface area contributed by atoms with Gasteiger partial charge in [0.15, 0.2) is 0 Å². The molecule has 0 saturated heterocycles. The second kappa shape index (κ2) is 3.49. The Bertz CT molecular complexity index is 301. The first kappa shape index (κ1) is 8.22. The number of rotatable bonds is 1. The van der Waals surface area contributed by atoms with E-state index in [9.17, 15) is 0 Å². The summed E-state index contributed by atoms with van der Waals surface area (Å²) >= 11 is 3.32. The van der Waals surface area contributed by atoms with Crippen LogP contribution in [0.4, 0.5) is 0 Å². The predicted molar refractivity (Wildman–Crippen MR) is 46.0 cm³/mol. The summed E-state index contributed by atoms with van der Waals surface area (Å²) in [6.45, 7) is 1.91. The van der Waals surface area contributed by atoms with Crippen molar-refractivity contribution in [1.29, 1.82) is 5.26 Å². The van der Waals surface area contributed by atoms with Crippen molar-refractivity contribution in [2.45, 2.75) is 13.3 Å². The fraction of sp³-hybridized carbons (Fsp3) is 0.250. The van der Waals surface area contributed by atoms with Crippen molar-refractivity contribution in [2.24, 2.45) is 0 Å². The minimum atomic E-state index is 0.363. The Balaban J connectivity index is 3.05. The maximum absolute atomic E-state index is 8.42. The van der Waals surface area contributed by atoms with Gasteiger partial charge >= 0.3 is 0 Å². The predicted octanol–water partition coefficient (Wildman–Crippen LogP) is 2.22. The number of nitrogens with zero attached hydrogens (tertiary/aromatic N) is 2. The minimum absolute atomic E-state index is 0.363. The summed E-state index contributed by atoms with van der Waals surface area (Å²) in [5.74, 6) is 0. The fourth-order valence-electron chi connectivity index (χ4n) is 0.792. The molecule has 1 aromatic rings. The quantitative estimate of drug-likeness (QED) is 0.713. The second-order valence-corrected chi connectivity index (χ2v) is 3.07. The van der Waals surface area contributed by atoms with Gasteiger partial charge in [-0.15, -0.1) is 0 Å². The van der Waals surface area contributed by atoms with Crippen molar-refractivity contribution in [2.75, 3.05) is 0 Å². The van der Waals surface area contributed by atoms with Crippen LogP contribution >= 0.6 is 15.9 Å². The lowest BCUT2D eigenvalue weighted by molar-refractivity contribution is 1.05. The molecular formula is C8H7BrN2. The van der Waals surface area contributed by atoms with Gasteiger partial charge in [-0.05, 0) is 35.0 Å². The molecule has 0 N–H and O–H groups in total. The van der Waals surface area contributed by atoms with Gasteiger partial charge < -0.3 is 0 Å². The molecule has 0 radical (unpaired) electrons. The van der Waals surface area contributed by atoms with Crippen LogP contribution in [0, 0.1) is 18.3 Å². The molecule has 0 saturated carbocycles. The number of nitriles is 1. The zero-order valence-electron chi connectivity index (χ0n) is 6.13. The van der Waals surface area contributed by atoms with Crippen LogP contribution in [0.25, 0.3) is 0 Å². The summed E-state index contributed by atoms with van der Waals surface area (Å²) in [6, 6.07) is 5.88. The molecule has 1 heterocycles. The minimum Gasteiger partial charge on any atom is -0.256 e. The maximum atomic E-state index is 8.42. The number of aryl methyl sites for hydroxylation is 1. The molecule has 0 unspecified atom stereocenters. The highest BCUT2D eigenvalue weighted by molar-refractivity contribution is 9.10. The number of hydrogen-bond acceptors (Lipinski definition) is 2. The van der Waals surface area contributed by atoms with Gasteiger partial charge in [0.25, 0.3) is 0 Å².